The van der Waals surface area contributed by atoms with Crippen LogP contribution in [0.1, 0.15) is 36.7 Å². The van der Waals surface area contributed by atoms with Crippen molar-refractivity contribution in [3.8, 4) is 6.07 Å². The SMILES string of the molecule is Cc1cc(C(=O)NCC(=O)OCC(=O)N[C@@](C)(C#N)C(C)C)ccc1[N+](=O)[O-]. The number of hydrogen-bond donors (Lipinski definition) is 2. The van der Waals surface area contributed by atoms with Gasteiger partial charge in [0, 0.05) is 17.2 Å². The highest BCUT2D eigenvalue weighted by molar-refractivity contribution is 5.96. The number of amides is 2. The molecule has 0 saturated heterocycles. The van der Waals surface area contributed by atoms with Gasteiger partial charge >= 0.3 is 5.97 Å². The van der Waals surface area contributed by atoms with Crippen LogP contribution in [-0.2, 0) is 14.3 Å². The summed E-state index contributed by atoms with van der Waals surface area (Å²) < 4.78 is 4.77. The minimum absolute atomic E-state index is 0.118. The Kier molecular flexibility index (Phi) is 7.62. The predicted octanol–water partition coefficient (Wildman–Crippen LogP) is 1.23. The third-order valence-corrected chi connectivity index (χ3v) is 4.20. The molecular formula is C18H22N4O6. The number of benzene rings is 1. The molecule has 10 heteroatoms. The molecule has 0 fully saturated rings. The van der Waals surface area contributed by atoms with Crippen molar-refractivity contribution in [2.75, 3.05) is 13.2 Å². The van der Waals surface area contributed by atoms with Gasteiger partial charge in [0.05, 0.1) is 11.0 Å². The van der Waals surface area contributed by atoms with Gasteiger partial charge in [-0.1, -0.05) is 13.8 Å². The van der Waals surface area contributed by atoms with Crippen molar-refractivity contribution in [2.45, 2.75) is 33.2 Å². The lowest BCUT2D eigenvalue weighted by atomic mass is 9.90. The van der Waals surface area contributed by atoms with Crippen molar-refractivity contribution in [2.24, 2.45) is 5.92 Å². The minimum atomic E-state index is -1.09. The summed E-state index contributed by atoms with van der Waals surface area (Å²) in [4.78, 5) is 45.8. The summed E-state index contributed by atoms with van der Waals surface area (Å²) in [5.74, 6) is -2.24. The molecule has 1 atom stereocenters. The molecule has 0 radical (unpaired) electrons. The first-order valence-corrected chi connectivity index (χ1v) is 8.41. The summed E-state index contributed by atoms with van der Waals surface area (Å²) >= 11 is 0. The summed E-state index contributed by atoms with van der Waals surface area (Å²) in [5, 5.41) is 24.7. The molecule has 1 aromatic rings. The third kappa shape index (κ3) is 6.05. The van der Waals surface area contributed by atoms with Crippen LogP contribution in [0.25, 0.3) is 0 Å². The molecule has 0 unspecified atom stereocenters. The first-order chi connectivity index (χ1) is 13.0. The second kappa shape index (κ2) is 9.45. The number of carbonyl (C=O) groups is 3. The van der Waals surface area contributed by atoms with Crippen molar-refractivity contribution in [1.29, 1.82) is 5.26 Å². The summed E-state index contributed by atoms with van der Waals surface area (Å²) in [5.41, 5.74) is -0.753. The first-order valence-electron chi connectivity index (χ1n) is 8.41. The highest BCUT2D eigenvalue weighted by Crippen LogP contribution is 2.18. The fraction of sp³-hybridized carbons (Fsp3) is 0.444. The molecule has 28 heavy (non-hydrogen) atoms. The molecule has 0 bridgehead atoms. The number of hydrogen-bond acceptors (Lipinski definition) is 7. The van der Waals surface area contributed by atoms with E-state index < -0.39 is 41.4 Å². The van der Waals surface area contributed by atoms with Gasteiger partial charge in [-0.15, -0.1) is 0 Å². The van der Waals surface area contributed by atoms with Crippen LogP contribution in [0, 0.1) is 34.3 Å². The average molecular weight is 390 g/mol. The van der Waals surface area contributed by atoms with Gasteiger partial charge in [0.25, 0.3) is 17.5 Å². The summed E-state index contributed by atoms with van der Waals surface area (Å²) in [6.07, 6.45) is 0. The predicted molar refractivity (Wildman–Crippen MR) is 98.1 cm³/mol. The van der Waals surface area contributed by atoms with Gasteiger partial charge in [-0.3, -0.25) is 24.5 Å². The Morgan fingerprint density at radius 1 is 1.36 bits per heavy atom. The molecule has 10 nitrogen and oxygen atoms in total. The number of carbonyl (C=O) groups excluding carboxylic acids is 3. The van der Waals surface area contributed by atoms with Crippen molar-refractivity contribution < 1.29 is 24.0 Å². The normalized spacial score (nSPS) is 12.4. The molecule has 0 heterocycles. The Labute approximate surface area is 162 Å². The van der Waals surface area contributed by atoms with Crippen LogP contribution < -0.4 is 10.6 Å². The fourth-order valence-electron chi connectivity index (χ4n) is 2.08. The van der Waals surface area contributed by atoms with Gasteiger partial charge in [0.15, 0.2) is 6.61 Å². The number of nitriles is 1. The lowest BCUT2D eigenvalue weighted by Crippen LogP contribution is -2.50. The zero-order valence-electron chi connectivity index (χ0n) is 16.1. The van der Waals surface area contributed by atoms with Gasteiger partial charge in [-0.2, -0.15) is 5.26 Å². The van der Waals surface area contributed by atoms with Crippen molar-refractivity contribution in [3.63, 3.8) is 0 Å². The van der Waals surface area contributed by atoms with Gasteiger partial charge in [-0.05, 0) is 31.9 Å². The average Bonchev–Trinajstić information content (AvgIpc) is 2.63. The van der Waals surface area contributed by atoms with Gasteiger partial charge in [0.2, 0.25) is 0 Å². The fourth-order valence-corrected chi connectivity index (χ4v) is 2.08. The van der Waals surface area contributed by atoms with E-state index in [-0.39, 0.29) is 17.2 Å². The zero-order chi connectivity index (χ0) is 21.5. The van der Waals surface area contributed by atoms with Crippen molar-refractivity contribution >= 4 is 23.5 Å². The number of nitro benzene ring substituents is 1. The second-order valence-electron chi connectivity index (χ2n) is 6.62. The molecule has 0 saturated carbocycles. The van der Waals surface area contributed by atoms with E-state index >= 15 is 0 Å². The number of aryl methyl sites for hydroxylation is 1. The first kappa shape index (κ1) is 22.6. The maximum atomic E-state index is 12.0. The van der Waals surface area contributed by atoms with Gasteiger partial charge < -0.3 is 15.4 Å². The molecule has 2 N–H and O–H groups in total. The Balaban J connectivity index is 2.51. The largest absolute Gasteiger partial charge is 0.454 e. The molecule has 0 aliphatic heterocycles. The number of ether oxygens (including phenoxy) is 1. The molecule has 150 valence electrons. The van der Waals surface area contributed by atoms with Crippen LogP contribution in [0.5, 0.6) is 0 Å². The monoisotopic (exact) mass is 390 g/mol. The highest BCUT2D eigenvalue weighted by atomic mass is 16.6. The molecule has 0 aliphatic rings. The molecule has 0 aromatic heterocycles. The van der Waals surface area contributed by atoms with E-state index in [4.69, 9.17) is 10.00 Å². The highest BCUT2D eigenvalue weighted by Gasteiger charge is 2.30. The van der Waals surface area contributed by atoms with Crippen LogP contribution in [0.15, 0.2) is 18.2 Å². The van der Waals surface area contributed by atoms with Crippen molar-refractivity contribution in [1.82, 2.24) is 10.6 Å². The van der Waals surface area contributed by atoms with Gasteiger partial charge in [-0.25, -0.2) is 0 Å². The summed E-state index contributed by atoms with van der Waals surface area (Å²) in [6, 6.07) is 5.81. The summed E-state index contributed by atoms with van der Waals surface area (Å²) in [6.45, 7) is 5.52. The molecule has 1 rings (SSSR count). The third-order valence-electron chi connectivity index (χ3n) is 4.20. The van der Waals surface area contributed by atoms with Crippen LogP contribution in [0.4, 0.5) is 5.69 Å². The molecule has 1 aromatic carbocycles. The van der Waals surface area contributed by atoms with Crippen molar-refractivity contribution in [3.05, 3.63) is 39.4 Å². The maximum absolute atomic E-state index is 12.0. The van der Waals surface area contributed by atoms with E-state index in [0.717, 1.165) is 0 Å². The van der Waals surface area contributed by atoms with E-state index in [1.54, 1.807) is 20.8 Å². The van der Waals surface area contributed by atoms with Gasteiger partial charge in [0.1, 0.15) is 12.1 Å². The molecular weight excluding hydrogens is 368 g/mol. The topological polar surface area (TPSA) is 151 Å². The second-order valence-corrected chi connectivity index (χ2v) is 6.62. The van der Waals surface area contributed by atoms with E-state index in [0.29, 0.717) is 5.56 Å². The van der Waals surface area contributed by atoms with Crippen LogP contribution >= 0.6 is 0 Å². The number of nitrogens with one attached hydrogen (secondary N) is 2. The number of nitrogens with zero attached hydrogens (tertiary/aromatic N) is 2. The Morgan fingerprint density at radius 3 is 2.50 bits per heavy atom. The smallest absolute Gasteiger partial charge is 0.325 e. The Bertz CT molecular complexity index is 830. The standard InChI is InChI=1S/C18H22N4O6/c1-11(2)18(4,10-19)21-15(23)9-28-16(24)8-20-17(25)13-5-6-14(22(26)27)12(3)7-13/h5-7,11H,8-9H2,1-4H3,(H,20,25)(H,21,23)/t18-/m0/s1. The van der Waals surface area contributed by atoms with E-state index in [1.165, 1.54) is 25.1 Å². The summed E-state index contributed by atoms with van der Waals surface area (Å²) in [7, 11) is 0. The van der Waals surface area contributed by atoms with E-state index in [1.807, 2.05) is 6.07 Å². The van der Waals surface area contributed by atoms with E-state index in [9.17, 15) is 24.5 Å². The number of esters is 1. The van der Waals surface area contributed by atoms with E-state index in [2.05, 4.69) is 10.6 Å². The molecule has 0 spiro atoms. The molecule has 0 aliphatic carbocycles. The minimum Gasteiger partial charge on any atom is -0.454 e. The number of nitro groups is 1. The zero-order valence-corrected chi connectivity index (χ0v) is 16.1. The Morgan fingerprint density at radius 2 is 2.00 bits per heavy atom. The van der Waals surface area contributed by atoms with Crippen LogP contribution in [-0.4, -0.2) is 41.4 Å². The van der Waals surface area contributed by atoms with Crippen LogP contribution in [0.3, 0.4) is 0 Å². The quantitative estimate of drug-likeness (QED) is 0.385. The Hall–Kier alpha value is -3.48. The lowest BCUT2D eigenvalue weighted by Gasteiger charge is -2.27. The maximum Gasteiger partial charge on any atom is 0.325 e. The van der Waals surface area contributed by atoms with Crippen LogP contribution in [0.2, 0.25) is 0 Å². The molecule has 2 amide bonds. The number of rotatable bonds is 8. The lowest BCUT2D eigenvalue weighted by molar-refractivity contribution is -0.385.